The van der Waals surface area contributed by atoms with Gasteiger partial charge in [0, 0.05) is 0 Å². The number of hydrogen-bond donors (Lipinski definition) is 0. The average molecular weight is 313 g/mol. The van der Waals surface area contributed by atoms with Gasteiger partial charge >= 0.3 is 0 Å². The zero-order chi connectivity index (χ0) is 16.1. The molecule has 0 bridgehead atoms. The monoisotopic (exact) mass is 312 g/mol. The van der Waals surface area contributed by atoms with Crippen molar-refractivity contribution in [2.75, 3.05) is 0 Å². The first-order chi connectivity index (χ1) is 11.3. The highest BCUT2D eigenvalue weighted by atomic mass is 14.4. The summed E-state index contributed by atoms with van der Waals surface area (Å²) < 4.78 is 0. The summed E-state index contributed by atoms with van der Waals surface area (Å²) in [6.07, 6.45) is 16.3. The van der Waals surface area contributed by atoms with Crippen molar-refractivity contribution in [3.8, 4) is 0 Å². The molecule has 0 spiro atoms. The first kappa shape index (κ1) is 17.1. The Hall–Kier alpha value is -0.780. The van der Waals surface area contributed by atoms with Crippen LogP contribution >= 0.6 is 0 Å². The van der Waals surface area contributed by atoms with Crippen LogP contribution in [0.1, 0.15) is 94.6 Å². The van der Waals surface area contributed by atoms with Crippen LogP contribution in [0.4, 0.5) is 0 Å². The molecular formula is C23H36. The summed E-state index contributed by atoms with van der Waals surface area (Å²) in [6.45, 7) is 4.52. The zero-order valence-electron chi connectivity index (χ0n) is 15.4. The van der Waals surface area contributed by atoms with Crippen molar-refractivity contribution in [1.29, 1.82) is 0 Å². The van der Waals surface area contributed by atoms with Gasteiger partial charge in [0.2, 0.25) is 0 Å². The van der Waals surface area contributed by atoms with Gasteiger partial charge in [0.15, 0.2) is 0 Å². The topological polar surface area (TPSA) is 0 Å². The summed E-state index contributed by atoms with van der Waals surface area (Å²) in [4.78, 5) is 0. The van der Waals surface area contributed by atoms with Crippen LogP contribution in [0.25, 0.3) is 0 Å². The van der Waals surface area contributed by atoms with Gasteiger partial charge in [-0.05, 0) is 74.7 Å². The second-order valence-electron chi connectivity index (χ2n) is 8.45. The summed E-state index contributed by atoms with van der Waals surface area (Å²) >= 11 is 0. The lowest BCUT2D eigenvalue weighted by Crippen LogP contribution is -2.25. The van der Waals surface area contributed by atoms with Crippen LogP contribution in [-0.4, -0.2) is 0 Å². The minimum Gasteiger partial charge on any atom is -0.0654 e. The van der Waals surface area contributed by atoms with Crippen LogP contribution in [0.5, 0.6) is 0 Å². The molecule has 23 heavy (non-hydrogen) atoms. The lowest BCUT2D eigenvalue weighted by Gasteiger charge is -2.38. The molecule has 0 aromatic heterocycles. The molecular weight excluding hydrogens is 276 g/mol. The molecule has 3 rings (SSSR count). The van der Waals surface area contributed by atoms with E-state index in [1.165, 1.54) is 76.2 Å². The van der Waals surface area contributed by atoms with E-state index in [1.54, 1.807) is 5.56 Å². The zero-order valence-corrected chi connectivity index (χ0v) is 15.4. The average Bonchev–Trinajstić information content (AvgIpc) is 2.61. The molecule has 2 aliphatic carbocycles. The van der Waals surface area contributed by atoms with E-state index in [0.29, 0.717) is 0 Å². The molecule has 0 unspecified atom stereocenters. The summed E-state index contributed by atoms with van der Waals surface area (Å²) in [5.74, 6) is 4.01. The van der Waals surface area contributed by atoms with Gasteiger partial charge in [-0.2, -0.15) is 0 Å². The van der Waals surface area contributed by atoms with E-state index in [1.807, 2.05) is 0 Å². The Morgan fingerprint density at radius 3 is 1.91 bits per heavy atom. The van der Waals surface area contributed by atoms with E-state index in [0.717, 1.165) is 23.7 Å². The number of benzene rings is 1. The molecule has 0 saturated heterocycles. The summed E-state index contributed by atoms with van der Waals surface area (Å²) in [6, 6.07) is 9.33. The third-order valence-electron chi connectivity index (χ3n) is 6.84. The minimum atomic E-state index is 0.841. The van der Waals surface area contributed by atoms with Crippen molar-refractivity contribution in [2.24, 2.45) is 17.8 Å². The molecule has 128 valence electrons. The van der Waals surface area contributed by atoms with Gasteiger partial charge in [-0.25, -0.2) is 0 Å². The fraction of sp³-hybridized carbons (Fsp3) is 0.739. The maximum absolute atomic E-state index is 2.37. The minimum absolute atomic E-state index is 0.841. The van der Waals surface area contributed by atoms with Crippen molar-refractivity contribution in [1.82, 2.24) is 0 Å². The quantitative estimate of drug-likeness (QED) is 0.536. The van der Waals surface area contributed by atoms with Crippen molar-refractivity contribution < 1.29 is 0 Å². The SMILES string of the molecule is CCCC[C@H]1CC[C@H](C2CCC(c3ccc(C)cc3)CC2)CC1. The molecule has 0 aliphatic heterocycles. The van der Waals surface area contributed by atoms with Crippen LogP contribution in [0.2, 0.25) is 0 Å². The normalized spacial score (nSPS) is 31.9. The smallest absolute Gasteiger partial charge is 0.0162 e. The Labute approximate surface area is 144 Å². The first-order valence-electron chi connectivity index (χ1n) is 10.3. The van der Waals surface area contributed by atoms with Gasteiger partial charge in [-0.3, -0.25) is 0 Å². The first-order valence-corrected chi connectivity index (χ1v) is 10.3. The Morgan fingerprint density at radius 1 is 0.783 bits per heavy atom. The molecule has 2 saturated carbocycles. The maximum atomic E-state index is 2.37. The van der Waals surface area contributed by atoms with Gasteiger partial charge in [0.25, 0.3) is 0 Å². The Kier molecular flexibility index (Phi) is 6.20. The number of aryl methyl sites for hydroxylation is 1. The molecule has 0 heteroatoms. The van der Waals surface area contributed by atoms with Crippen LogP contribution in [0, 0.1) is 24.7 Å². The highest BCUT2D eigenvalue weighted by Gasteiger charge is 2.31. The lowest BCUT2D eigenvalue weighted by molar-refractivity contribution is 0.156. The highest BCUT2D eigenvalue weighted by Crippen LogP contribution is 2.44. The number of unbranched alkanes of at least 4 members (excludes halogenated alkanes) is 1. The molecule has 0 radical (unpaired) electrons. The third kappa shape index (κ3) is 4.61. The molecule has 1 aromatic rings. The lowest BCUT2D eigenvalue weighted by atomic mass is 9.68. The molecule has 0 amide bonds. The predicted octanol–water partition coefficient (Wildman–Crippen LogP) is 7.27. The second-order valence-corrected chi connectivity index (χ2v) is 8.45. The Morgan fingerprint density at radius 2 is 1.35 bits per heavy atom. The third-order valence-corrected chi connectivity index (χ3v) is 6.84. The molecule has 2 aliphatic rings. The van der Waals surface area contributed by atoms with Crippen molar-refractivity contribution in [3.63, 3.8) is 0 Å². The van der Waals surface area contributed by atoms with E-state index in [-0.39, 0.29) is 0 Å². The number of rotatable bonds is 5. The van der Waals surface area contributed by atoms with Gasteiger partial charge < -0.3 is 0 Å². The van der Waals surface area contributed by atoms with E-state index < -0.39 is 0 Å². The highest BCUT2D eigenvalue weighted by molar-refractivity contribution is 5.24. The molecule has 2 fully saturated rings. The van der Waals surface area contributed by atoms with Crippen molar-refractivity contribution in [3.05, 3.63) is 35.4 Å². The molecule has 0 N–H and O–H groups in total. The summed E-state index contributed by atoms with van der Waals surface area (Å²) in [5, 5.41) is 0. The number of hydrogen-bond acceptors (Lipinski definition) is 0. The van der Waals surface area contributed by atoms with Crippen molar-refractivity contribution >= 4 is 0 Å². The fourth-order valence-corrected chi connectivity index (χ4v) is 5.20. The Balaban J connectivity index is 1.43. The van der Waals surface area contributed by atoms with E-state index in [9.17, 15) is 0 Å². The van der Waals surface area contributed by atoms with Crippen LogP contribution in [-0.2, 0) is 0 Å². The van der Waals surface area contributed by atoms with Crippen LogP contribution in [0.15, 0.2) is 24.3 Å². The van der Waals surface area contributed by atoms with Crippen molar-refractivity contribution in [2.45, 2.75) is 90.4 Å². The fourth-order valence-electron chi connectivity index (χ4n) is 5.20. The van der Waals surface area contributed by atoms with Gasteiger partial charge in [-0.15, -0.1) is 0 Å². The van der Waals surface area contributed by atoms with Crippen LogP contribution < -0.4 is 0 Å². The van der Waals surface area contributed by atoms with Gasteiger partial charge in [-0.1, -0.05) is 68.9 Å². The van der Waals surface area contributed by atoms with E-state index >= 15 is 0 Å². The molecule has 1 aromatic carbocycles. The second kappa shape index (κ2) is 8.36. The summed E-state index contributed by atoms with van der Waals surface area (Å²) in [7, 11) is 0. The summed E-state index contributed by atoms with van der Waals surface area (Å²) in [5.41, 5.74) is 2.99. The maximum Gasteiger partial charge on any atom is -0.0162 e. The van der Waals surface area contributed by atoms with Gasteiger partial charge in [0.05, 0.1) is 0 Å². The van der Waals surface area contributed by atoms with Crippen LogP contribution in [0.3, 0.4) is 0 Å². The van der Waals surface area contributed by atoms with E-state index in [2.05, 4.69) is 38.1 Å². The molecule has 0 heterocycles. The standard InChI is InChI=1S/C23H36/c1-3-4-5-19-8-12-21(13-9-19)23-16-14-22(15-17-23)20-10-6-18(2)7-11-20/h6-7,10-11,19,21-23H,3-5,8-9,12-17H2,1-2H3/t19-,21-,22?,23?. The molecule has 0 nitrogen and oxygen atoms in total. The van der Waals surface area contributed by atoms with Gasteiger partial charge in [0.1, 0.15) is 0 Å². The predicted molar refractivity (Wildman–Crippen MR) is 101 cm³/mol. The molecule has 0 atom stereocenters. The Bertz CT molecular complexity index is 441. The largest absolute Gasteiger partial charge is 0.0654 e. The van der Waals surface area contributed by atoms with E-state index in [4.69, 9.17) is 0 Å².